The Hall–Kier alpha value is -2.60. The second-order valence-electron chi connectivity index (χ2n) is 4.47. The maximum absolute atomic E-state index is 11.0. The molecule has 2 aromatic carbocycles. The second-order valence-corrected chi connectivity index (χ2v) is 5.56. The predicted octanol–water partition coefficient (Wildman–Crippen LogP) is 3.93. The highest BCUT2D eigenvalue weighted by atomic mass is 32.2. The number of fused-ring (bicyclic) bond motifs is 2. The Morgan fingerprint density at radius 1 is 1.05 bits per heavy atom. The summed E-state index contributed by atoms with van der Waals surface area (Å²) >= 11 is 1.41. The molecule has 21 heavy (non-hydrogen) atoms. The van der Waals surface area contributed by atoms with E-state index in [1.165, 1.54) is 23.9 Å². The van der Waals surface area contributed by atoms with Gasteiger partial charge in [-0.15, -0.1) is 0 Å². The van der Waals surface area contributed by atoms with Gasteiger partial charge in [0.2, 0.25) is 0 Å². The Morgan fingerprint density at radius 2 is 1.81 bits per heavy atom. The van der Waals surface area contributed by atoms with Gasteiger partial charge in [-0.3, -0.25) is 10.1 Å². The molecule has 1 aliphatic rings. The first-order valence-electron chi connectivity index (χ1n) is 6.06. The summed E-state index contributed by atoms with van der Waals surface area (Å²) in [6, 6.07) is 9.55. The summed E-state index contributed by atoms with van der Waals surface area (Å²) in [5.74, 6) is -0.976. The van der Waals surface area contributed by atoms with Crippen molar-refractivity contribution in [3.63, 3.8) is 0 Å². The van der Waals surface area contributed by atoms with Crippen molar-refractivity contribution in [3.05, 3.63) is 63.2 Å². The molecule has 0 aliphatic carbocycles. The number of aromatic carboxylic acids is 1. The van der Waals surface area contributed by atoms with Gasteiger partial charge in [-0.2, -0.15) is 0 Å². The molecule has 0 aromatic heterocycles. The first kappa shape index (κ1) is 13.4. The van der Waals surface area contributed by atoms with Crippen molar-refractivity contribution >= 4 is 35.6 Å². The molecule has 1 N–H and O–H groups in total. The van der Waals surface area contributed by atoms with Crippen molar-refractivity contribution in [2.75, 3.05) is 0 Å². The zero-order valence-corrected chi connectivity index (χ0v) is 11.5. The van der Waals surface area contributed by atoms with Crippen LogP contribution >= 0.6 is 11.8 Å². The largest absolute Gasteiger partial charge is 0.478 e. The van der Waals surface area contributed by atoms with E-state index in [0.29, 0.717) is 0 Å². The third-order valence-electron chi connectivity index (χ3n) is 3.13. The van der Waals surface area contributed by atoms with Gasteiger partial charge in [0.05, 0.1) is 10.5 Å². The molecule has 3 rings (SSSR count). The van der Waals surface area contributed by atoms with E-state index in [1.54, 1.807) is 24.3 Å². The highest BCUT2D eigenvalue weighted by Crippen LogP contribution is 2.39. The maximum Gasteiger partial charge on any atom is 0.335 e. The van der Waals surface area contributed by atoms with Gasteiger partial charge < -0.3 is 5.11 Å². The number of carbonyl (C=O) groups is 1. The summed E-state index contributed by atoms with van der Waals surface area (Å²) in [4.78, 5) is 23.1. The van der Waals surface area contributed by atoms with Crippen LogP contribution in [-0.4, -0.2) is 16.0 Å². The zero-order chi connectivity index (χ0) is 15.0. The van der Waals surface area contributed by atoms with Crippen molar-refractivity contribution in [1.82, 2.24) is 0 Å². The minimum Gasteiger partial charge on any atom is -0.478 e. The molecular formula is C15H9NO4S. The van der Waals surface area contributed by atoms with E-state index in [4.69, 9.17) is 5.11 Å². The standard InChI is InChI=1S/C15H9NO4S/c17-15(18)11-4-2-9-1-3-10-7-12(16(19)20)5-6-13(10)21-14(9)8-11/h1-8H,(H,17,18). The molecule has 1 heterocycles. The second kappa shape index (κ2) is 5.06. The molecule has 2 aromatic rings. The Bertz CT molecular complexity index is 798. The van der Waals surface area contributed by atoms with Crippen LogP contribution in [0.5, 0.6) is 0 Å². The molecule has 6 heteroatoms. The maximum atomic E-state index is 11.0. The fourth-order valence-corrected chi connectivity index (χ4v) is 3.12. The quantitative estimate of drug-likeness (QED) is 0.573. The average molecular weight is 299 g/mol. The summed E-state index contributed by atoms with van der Waals surface area (Å²) in [6.07, 6.45) is 3.64. The van der Waals surface area contributed by atoms with Gasteiger partial charge in [-0.1, -0.05) is 30.0 Å². The Labute approximate surface area is 124 Å². The number of non-ortho nitro benzene ring substituents is 1. The lowest BCUT2D eigenvalue weighted by molar-refractivity contribution is -0.384. The summed E-state index contributed by atoms with van der Waals surface area (Å²) in [7, 11) is 0. The van der Waals surface area contributed by atoms with Gasteiger partial charge in [-0.05, 0) is 29.3 Å². The highest BCUT2D eigenvalue weighted by molar-refractivity contribution is 7.99. The molecule has 104 valence electrons. The lowest BCUT2D eigenvalue weighted by Crippen LogP contribution is -1.96. The molecule has 0 spiro atoms. The fourth-order valence-electron chi connectivity index (χ4n) is 2.06. The molecule has 0 bridgehead atoms. The number of nitro groups is 1. The zero-order valence-electron chi connectivity index (χ0n) is 10.6. The van der Waals surface area contributed by atoms with E-state index in [9.17, 15) is 14.9 Å². The molecule has 5 nitrogen and oxygen atoms in total. The molecular weight excluding hydrogens is 290 g/mol. The molecule has 0 saturated heterocycles. The van der Waals surface area contributed by atoms with Crippen LogP contribution in [0.15, 0.2) is 46.2 Å². The number of carboxylic acid groups (broad SMARTS) is 1. The van der Waals surface area contributed by atoms with Crippen LogP contribution in [0.25, 0.3) is 12.2 Å². The predicted molar refractivity (Wildman–Crippen MR) is 79.5 cm³/mol. The van der Waals surface area contributed by atoms with Crippen LogP contribution in [0, 0.1) is 10.1 Å². The van der Waals surface area contributed by atoms with Crippen LogP contribution in [0.4, 0.5) is 5.69 Å². The van der Waals surface area contributed by atoms with Crippen LogP contribution < -0.4 is 0 Å². The molecule has 0 amide bonds. The Balaban J connectivity index is 2.08. The van der Waals surface area contributed by atoms with E-state index >= 15 is 0 Å². The van der Waals surface area contributed by atoms with Crippen molar-refractivity contribution in [1.29, 1.82) is 0 Å². The van der Waals surface area contributed by atoms with E-state index in [-0.39, 0.29) is 11.3 Å². The molecule has 0 atom stereocenters. The highest BCUT2D eigenvalue weighted by Gasteiger charge is 2.15. The fraction of sp³-hybridized carbons (Fsp3) is 0. The minimum atomic E-state index is -0.976. The summed E-state index contributed by atoms with van der Waals surface area (Å²) in [5.41, 5.74) is 1.90. The summed E-state index contributed by atoms with van der Waals surface area (Å²) < 4.78 is 0. The molecule has 0 radical (unpaired) electrons. The van der Waals surface area contributed by atoms with Crippen molar-refractivity contribution in [2.24, 2.45) is 0 Å². The van der Waals surface area contributed by atoms with Crippen molar-refractivity contribution < 1.29 is 14.8 Å². The number of nitro benzene ring substituents is 1. The number of rotatable bonds is 2. The van der Waals surface area contributed by atoms with Gasteiger partial charge in [0.15, 0.2) is 0 Å². The third-order valence-corrected chi connectivity index (χ3v) is 4.29. The number of carboxylic acids is 1. The van der Waals surface area contributed by atoms with Gasteiger partial charge in [0.25, 0.3) is 5.69 Å². The summed E-state index contributed by atoms with van der Waals surface area (Å²) in [5, 5.41) is 19.9. The average Bonchev–Trinajstić information content (AvgIpc) is 2.64. The Morgan fingerprint density at radius 3 is 2.52 bits per heavy atom. The van der Waals surface area contributed by atoms with E-state index in [0.717, 1.165) is 20.9 Å². The van der Waals surface area contributed by atoms with E-state index < -0.39 is 10.9 Å². The normalized spacial score (nSPS) is 12.2. The number of hydrogen-bond acceptors (Lipinski definition) is 4. The SMILES string of the molecule is O=C(O)c1ccc2c(c1)Sc1ccc([N+](=O)[O-])cc1C=C2. The van der Waals surface area contributed by atoms with Gasteiger partial charge >= 0.3 is 5.97 Å². The van der Waals surface area contributed by atoms with Gasteiger partial charge in [-0.25, -0.2) is 4.79 Å². The van der Waals surface area contributed by atoms with Crippen molar-refractivity contribution in [2.45, 2.75) is 9.79 Å². The smallest absolute Gasteiger partial charge is 0.335 e. The number of benzene rings is 2. The van der Waals surface area contributed by atoms with Gasteiger partial charge in [0, 0.05) is 21.9 Å². The third kappa shape index (κ3) is 2.53. The Kier molecular flexibility index (Phi) is 3.23. The first-order chi connectivity index (χ1) is 10.0. The molecule has 0 fully saturated rings. The molecule has 0 saturated carbocycles. The lowest BCUT2D eigenvalue weighted by Gasteiger charge is -2.06. The summed E-state index contributed by atoms with van der Waals surface area (Å²) in [6.45, 7) is 0. The van der Waals surface area contributed by atoms with Crippen LogP contribution in [0.3, 0.4) is 0 Å². The minimum absolute atomic E-state index is 0.0381. The first-order valence-corrected chi connectivity index (χ1v) is 6.88. The van der Waals surface area contributed by atoms with Crippen LogP contribution in [0.2, 0.25) is 0 Å². The van der Waals surface area contributed by atoms with Crippen LogP contribution in [-0.2, 0) is 0 Å². The van der Waals surface area contributed by atoms with E-state index in [1.807, 2.05) is 12.2 Å². The molecule has 1 aliphatic heterocycles. The van der Waals surface area contributed by atoms with Crippen molar-refractivity contribution in [3.8, 4) is 0 Å². The topological polar surface area (TPSA) is 80.4 Å². The lowest BCUT2D eigenvalue weighted by atomic mass is 10.1. The number of nitrogens with zero attached hydrogens (tertiary/aromatic N) is 1. The van der Waals surface area contributed by atoms with E-state index in [2.05, 4.69) is 0 Å². The monoisotopic (exact) mass is 299 g/mol. The number of hydrogen-bond donors (Lipinski definition) is 1. The van der Waals surface area contributed by atoms with Crippen LogP contribution in [0.1, 0.15) is 21.5 Å². The molecule has 0 unspecified atom stereocenters. The van der Waals surface area contributed by atoms with Gasteiger partial charge in [0.1, 0.15) is 0 Å².